The molecule has 1 fully saturated rings. The first-order chi connectivity index (χ1) is 12.0. The largest absolute Gasteiger partial charge is 0.294 e. The number of carbonyl (C=O) groups excluding carboxylic acids is 1. The Morgan fingerprint density at radius 3 is 2.64 bits per heavy atom. The molecule has 7 heteroatoms. The Labute approximate surface area is 144 Å². The Hall–Kier alpha value is -2.70. The van der Waals surface area contributed by atoms with Crippen molar-refractivity contribution in [3.05, 3.63) is 51.7 Å². The first-order valence-corrected chi connectivity index (χ1v) is 8.45. The van der Waals surface area contributed by atoms with Gasteiger partial charge in [-0.05, 0) is 50.5 Å². The zero-order valence-electron chi connectivity index (χ0n) is 14.3. The standard InChI is InChI=1S/C18H21FN4O2/c1-3-4-15-16(11(2)20-21-17(24)12-5-6-12)18(25)23(22-15)14-9-7-13(19)8-10-14/h7-10,12,22H,3-6H2,1-2H3,(H,21,24). The zero-order chi connectivity index (χ0) is 18.0. The number of hydrogen-bond acceptors (Lipinski definition) is 3. The highest BCUT2D eigenvalue weighted by atomic mass is 19.1. The Morgan fingerprint density at radius 2 is 2.04 bits per heavy atom. The number of rotatable bonds is 6. The summed E-state index contributed by atoms with van der Waals surface area (Å²) in [4.78, 5) is 24.6. The normalized spacial score (nSPS) is 14.6. The minimum absolute atomic E-state index is 0.0498. The molecule has 1 aliphatic rings. The fourth-order valence-electron chi connectivity index (χ4n) is 2.69. The summed E-state index contributed by atoms with van der Waals surface area (Å²) in [5.41, 5.74) is 4.47. The lowest BCUT2D eigenvalue weighted by Gasteiger charge is -2.01. The first kappa shape index (κ1) is 17.1. The lowest BCUT2D eigenvalue weighted by atomic mass is 10.1. The van der Waals surface area contributed by atoms with Gasteiger partial charge in [0.1, 0.15) is 5.82 Å². The van der Waals surface area contributed by atoms with Crippen molar-refractivity contribution < 1.29 is 9.18 Å². The molecule has 1 aliphatic carbocycles. The summed E-state index contributed by atoms with van der Waals surface area (Å²) in [5.74, 6) is -0.419. The van der Waals surface area contributed by atoms with Gasteiger partial charge in [0.2, 0.25) is 5.91 Å². The van der Waals surface area contributed by atoms with Crippen LogP contribution in [0.4, 0.5) is 4.39 Å². The number of aromatic nitrogens is 2. The summed E-state index contributed by atoms with van der Waals surface area (Å²) in [6.07, 6.45) is 3.30. The topological polar surface area (TPSA) is 79.2 Å². The molecule has 2 aromatic rings. The van der Waals surface area contributed by atoms with Gasteiger partial charge in [0.05, 0.1) is 17.0 Å². The number of H-pyrrole nitrogens is 1. The summed E-state index contributed by atoms with van der Waals surface area (Å²) in [5, 5.41) is 7.18. The van der Waals surface area contributed by atoms with Crippen molar-refractivity contribution in [2.75, 3.05) is 0 Å². The number of nitrogens with zero attached hydrogens (tertiary/aromatic N) is 2. The third-order valence-corrected chi connectivity index (χ3v) is 4.19. The second-order valence-corrected chi connectivity index (χ2v) is 6.28. The number of carbonyl (C=O) groups is 1. The van der Waals surface area contributed by atoms with Crippen LogP contribution in [0.5, 0.6) is 0 Å². The number of nitrogens with one attached hydrogen (secondary N) is 2. The predicted octanol–water partition coefficient (Wildman–Crippen LogP) is 2.51. The molecule has 0 aliphatic heterocycles. The second kappa shape index (κ2) is 7.04. The summed E-state index contributed by atoms with van der Waals surface area (Å²) >= 11 is 0. The molecule has 6 nitrogen and oxygen atoms in total. The monoisotopic (exact) mass is 344 g/mol. The molecule has 1 amide bonds. The molecule has 1 aromatic carbocycles. The molecule has 0 saturated heterocycles. The van der Waals surface area contributed by atoms with Crippen molar-refractivity contribution in [3.8, 4) is 5.69 Å². The smallest absolute Gasteiger partial charge is 0.280 e. The molecule has 2 N–H and O–H groups in total. The lowest BCUT2D eigenvalue weighted by Crippen LogP contribution is -2.24. The summed E-state index contributed by atoms with van der Waals surface area (Å²) in [6.45, 7) is 3.71. The SMILES string of the molecule is CCCc1[nH]n(-c2ccc(F)cc2)c(=O)c1C(C)=NNC(=O)C1CC1. The van der Waals surface area contributed by atoms with Crippen molar-refractivity contribution in [1.29, 1.82) is 0 Å². The summed E-state index contributed by atoms with van der Waals surface area (Å²) in [7, 11) is 0. The van der Waals surface area contributed by atoms with E-state index in [2.05, 4.69) is 15.6 Å². The Kier molecular flexibility index (Phi) is 4.83. The number of halogens is 1. The van der Waals surface area contributed by atoms with Gasteiger partial charge < -0.3 is 0 Å². The van der Waals surface area contributed by atoms with Gasteiger partial charge in [0.15, 0.2) is 0 Å². The molecule has 0 unspecified atom stereocenters. The zero-order valence-corrected chi connectivity index (χ0v) is 14.3. The fraction of sp³-hybridized carbons (Fsp3) is 0.389. The van der Waals surface area contributed by atoms with E-state index in [9.17, 15) is 14.0 Å². The molecule has 0 radical (unpaired) electrons. The van der Waals surface area contributed by atoms with Gasteiger partial charge in [-0.2, -0.15) is 5.10 Å². The molecule has 132 valence electrons. The first-order valence-electron chi connectivity index (χ1n) is 8.45. The van der Waals surface area contributed by atoms with Gasteiger partial charge in [-0.25, -0.2) is 14.5 Å². The number of aromatic amines is 1. The summed E-state index contributed by atoms with van der Waals surface area (Å²) < 4.78 is 14.5. The molecule has 0 spiro atoms. The van der Waals surface area contributed by atoms with E-state index in [1.165, 1.54) is 28.9 Å². The van der Waals surface area contributed by atoms with Crippen molar-refractivity contribution in [3.63, 3.8) is 0 Å². The second-order valence-electron chi connectivity index (χ2n) is 6.28. The van der Waals surface area contributed by atoms with Crippen LogP contribution in [-0.4, -0.2) is 21.4 Å². The number of hydrogen-bond donors (Lipinski definition) is 2. The van der Waals surface area contributed by atoms with E-state index >= 15 is 0 Å². The third kappa shape index (κ3) is 3.70. The van der Waals surface area contributed by atoms with E-state index in [0.717, 1.165) is 25.0 Å². The Balaban J connectivity index is 1.96. The molecular formula is C18H21FN4O2. The van der Waals surface area contributed by atoms with Crippen LogP contribution in [0.15, 0.2) is 34.2 Å². The quantitative estimate of drug-likeness (QED) is 0.624. The Bertz CT molecular complexity index is 860. The average Bonchev–Trinajstić information content (AvgIpc) is 3.39. The van der Waals surface area contributed by atoms with Crippen LogP contribution in [0.2, 0.25) is 0 Å². The minimum atomic E-state index is -0.363. The van der Waals surface area contributed by atoms with Crippen molar-refractivity contribution in [2.45, 2.75) is 39.5 Å². The van der Waals surface area contributed by atoms with Gasteiger partial charge in [-0.15, -0.1) is 0 Å². The maximum absolute atomic E-state index is 13.1. The highest BCUT2D eigenvalue weighted by Gasteiger charge is 2.29. The van der Waals surface area contributed by atoms with E-state index in [1.807, 2.05) is 6.92 Å². The van der Waals surface area contributed by atoms with Gasteiger partial charge in [0.25, 0.3) is 5.56 Å². The van der Waals surface area contributed by atoms with Crippen LogP contribution in [0, 0.1) is 11.7 Å². The van der Waals surface area contributed by atoms with Crippen molar-refractivity contribution in [1.82, 2.24) is 15.2 Å². The fourth-order valence-corrected chi connectivity index (χ4v) is 2.69. The van der Waals surface area contributed by atoms with E-state index in [1.54, 1.807) is 6.92 Å². The van der Waals surface area contributed by atoms with Gasteiger partial charge in [-0.3, -0.25) is 14.7 Å². The third-order valence-electron chi connectivity index (χ3n) is 4.19. The van der Waals surface area contributed by atoms with Crippen LogP contribution in [0.3, 0.4) is 0 Å². The van der Waals surface area contributed by atoms with E-state index in [-0.39, 0.29) is 23.2 Å². The van der Waals surface area contributed by atoms with Crippen molar-refractivity contribution in [2.24, 2.45) is 11.0 Å². The average molecular weight is 344 g/mol. The van der Waals surface area contributed by atoms with Crippen LogP contribution in [0.25, 0.3) is 5.69 Å². The van der Waals surface area contributed by atoms with Gasteiger partial charge in [0, 0.05) is 11.6 Å². The van der Waals surface area contributed by atoms with Crippen LogP contribution >= 0.6 is 0 Å². The van der Waals surface area contributed by atoms with E-state index in [4.69, 9.17) is 0 Å². The molecule has 0 bridgehead atoms. The molecule has 1 aromatic heterocycles. The molecule has 0 atom stereocenters. The van der Waals surface area contributed by atoms with Gasteiger partial charge in [-0.1, -0.05) is 13.3 Å². The highest BCUT2D eigenvalue weighted by molar-refractivity contribution is 6.00. The molecule has 1 saturated carbocycles. The molecular weight excluding hydrogens is 323 g/mol. The highest BCUT2D eigenvalue weighted by Crippen LogP contribution is 2.28. The maximum Gasteiger partial charge on any atom is 0.280 e. The van der Waals surface area contributed by atoms with Gasteiger partial charge >= 0.3 is 0 Å². The molecule has 3 rings (SSSR count). The predicted molar refractivity (Wildman–Crippen MR) is 93.4 cm³/mol. The molecule has 1 heterocycles. The Morgan fingerprint density at radius 1 is 1.36 bits per heavy atom. The van der Waals surface area contributed by atoms with Crippen LogP contribution < -0.4 is 11.0 Å². The summed E-state index contributed by atoms with van der Waals surface area (Å²) in [6, 6.07) is 5.68. The number of benzene rings is 1. The van der Waals surface area contributed by atoms with Crippen molar-refractivity contribution >= 4 is 11.6 Å². The van der Waals surface area contributed by atoms with E-state index in [0.29, 0.717) is 23.4 Å². The van der Waals surface area contributed by atoms with E-state index < -0.39 is 0 Å². The lowest BCUT2D eigenvalue weighted by molar-refractivity contribution is -0.122. The van der Waals surface area contributed by atoms with Crippen LogP contribution in [0.1, 0.15) is 44.4 Å². The minimum Gasteiger partial charge on any atom is -0.294 e. The molecule has 25 heavy (non-hydrogen) atoms. The number of hydrazone groups is 1. The number of amides is 1. The maximum atomic E-state index is 13.1. The van der Waals surface area contributed by atoms with Crippen LogP contribution in [-0.2, 0) is 11.2 Å². The number of aryl methyl sites for hydroxylation is 1.